The summed E-state index contributed by atoms with van der Waals surface area (Å²) in [7, 11) is 0. The summed E-state index contributed by atoms with van der Waals surface area (Å²) in [4.78, 5) is 2.63. The average Bonchev–Trinajstić information content (AvgIpc) is 3.76. The molecule has 1 aliphatic heterocycles. The number of nitrogens with zero attached hydrogens (tertiary/aromatic N) is 2. The Morgan fingerprint density at radius 3 is 2.67 bits per heavy atom. The van der Waals surface area contributed by atoms with Crippen LogP contribution < -0.4 is 4.90 Å². The Hall–Kier alpha value is -4.76. The van der Waals surface area contributed by atoms with Gasteiger partial charge in [-0.2, -0.15) is 0 Å². The van der Waals surface area contributed by atoms with E-state index in [-0.39, 0.29) is 6.04 Å². The SMILES string of the molecule is C1=CCC(n2c3c(c4cc(C5=CC6C7=C(CCCC7)N(c7cccc8c7oc7ccccc78)C6C=C5)ccc42)C=CCC3)C=C1. The monoisotopic (exact) mass is 584 g/mol. The molecule has 10 rings (SSSR count). The van der Waals surface area contributed by atoms with E-state index in [4.69, 9.17) is 4.42 Å². The van der Waals surface area contributed by atoms with Gasteiger partial charge in [-0.1, -0.05) is 91.1 Å². The number of rotatable bonds is 3. The number of allylic oxidation sites excluding steroid dienone is 8. The summed E-state index contributed by atoms with van der Waals surface area (Å²) in [5.74, 6) is 0.383. The van der Waals surface area contributed by atoms with Gasteiger partial charge in [0.15, 0.2) is 5.58 Å². The molecule has 220 valence electrons. The molecule has 3 aromatic carbocycles. The molecule has 3 heteroatoms. The summed E-state index contributed by atoms with van der Waals surface area (Å²) in [6.45, 7) is 0. The van der Waals surface area contributed by atoms with Crippen LogP contribution in [-0.2, 0) is 6.42 Å². The van der Waals surface area contributed by atoms with Crippen LogP contribution in [0.25, 0.3) is 44.5 Å². The molecule has 5 aliphatic rings. The van der Waals surface area contributed by atoms with Crippen LogP contribution in [0.1, 0.15) is 61.4 Å². The molecule has 3 nitrogen and oxygen atoms in total. The number of anilines is 1. The second kappa shape index (κ2) is 9.87. The van der Waals surface area contributed by atoms with Crippen molar-refractivity contribution in [2.24, 2.45) is 5.92 Å². The maximum Gasteiger partial charge on any atom is 0.159 e. The molecule has 0 spiro atoms. The molecule has 0 bridgehead atoms. The smallest absolute Gasteiger partial charge is 0.159 e. The molecule has 0 radical (unpaired) electrons. The fourth-order valence-electron chi connectivity index (χ4n) is 8.94. The maximum absolute atomic E-state index is 6.56. The third-order valence-corrected chi connectivity index (χ3v) is 10.9. The Morgan fingerprint density at radius 1 is 0.778 bits per heavy atom. The average molecular weight is 585 g/mol. The van der Waals surface area contributed by atoms with Gasteiger partial charge >= 0.3 is 0 Å². The van der Waals surface area contributed by atoms with E-state index >= 15 is 0 Å². The maximum atomic E-state index is 6.56. The zero-order valence-electron chi connectivity index (χ0n) is 25.5. The van der Waals surface area contributed by atoms with Crippen LogP contribution in [0, 0.1) is 5.92 Å². The lowest BCUT2D eigenvalue weighted by Crippen LogP contribution is -2.33. The van der Waals surface area contributed by atoms with Gasteiger partial charge in [-0.25, -0.2) is 0 Å². The standard InChI is InChI=1S/C42H36N2O/c1-2-11-29(12-3-1)43-36-17-7-4-13-30(36)34-25-27(21-23-38(34)43)28-22-24-39-35(26-28)31-14-5-8-18-37(31)44(39)40-19-10-16-33-32-15-6-9-20-41(32)45-42(33)40/h1-4,6,9-11,13,15-16,19-26,29,35,39H,5,7-8,12,14,17-18H2. The molecule has 4 aliphatic carbocycles. The van der Waals surface area contributed by atoms with Gasteiger partial charge in [0.25, 0.3) is 0 Å². The number of hydrogen-bond acceptors (Lipinski definition) is 2. The molecule has 5 aromatic rings. The van der Waals surface area contributed by atoms with Crippen molar-refractivity contribution in [3.05, 3.63) is 137 Å². The molecule has 0 amide bonds. The Morgan fingerprint density at radius 2 is 1.71 bits per heavy atom. The van der Waals surface area contributed by atoms with Gasteiger partial charge in [-0.15, -0.1) is 0 Å². The molecule has 3 unspecified atom stereocenters. The van der Waals surface area contributed by atoms with E-state index in [0.29, 0.717) is 12.0 Å². The van der Waals surface area contributed by atoms with Crippen LogP contribution in [0.4, 0.5) is 5.69 Å². The van der Waals surface area contributed by atoms with E-state index in [1.165, 1.54) is 74.7 Å². The molecule has 45 heavy (non-hydrogen) atoms. The zero-order chi connectivity index (χ0) is 29.5. The lowest BCUT2D eigenvalue weighted by Gasteiger charge is -2.32. The zero-order valence-corrected chi connectivity index (χ0v) is 25.5. The van der Waals surface area contributed by atoms with Crippen molar-refractivity contribution < 1.29 is 4.42 Å². The summed E-state index contributed by atoms with van der Waals surface area (Å²) in [6, 6.07) is 23.0. The van der Waals surface area contributed by atoms with Crippen molar-refractivity contribution >= 4 is 50.2 Å². The van der Waals surface area contributed by atoms with Gasteiger partial charge in [0.05, 0.1) is 17.8 Å². The predicted octanol–water partition coefficient (Wildman–Crippen LogP) is 10.8. The fraction of sp³-hybridized carbons (Fsp3) is 0.238. The molecule has 0 fully saturated rings. The summed E-state index contributed by atoms with van der Waals surface area (Å²) in [6.07, 6.45) is 29.4. The van der Waals surface area contributed by atoms with Crippen LogP contribution in [0.2, 0.25) is 0 Å². The minimum atomic E-state index is 0.280. The summed E-state index contributed by atoms with van der Waals surface area (Å²) >= 11 is 0. The molecule has 0 saturated heterocycles. The molecule has 0 saturated carbocycles. The minimum Gasteiger partial charge on any atom is -0.454 e. The van der Waals surface area contributed by atoms with E-state index in [1.807, 2.05) is 0 Å². The number of fused-ring (bicyclic) bond motifs is 8. The summed E-state index contributed by atoms with van der Waals surface area (Å²) in [5, 5.41) is 3.79. The fourth-order valence-corrected chi connectivity index (χ4v) is 8.94. The Balaban J connectivity index is 1.07. The normalized spacial score (nSPS) is 23.7. The van der Waals surface area contributed by atoms with Gasteiger partial charge in [-0.05, 0) is 85.9 Å². The highest BCUT2D eigenvalue weighted by Crippen LogP contribution is 2.50. The van der Waals surface area contributed by atoms with Crippen molar-refractivity contribution in [1.29, 1.82) is 0 Å². The van der Waals surface area contributed by atoms with Crippen LogP contribution in [0.3, 0.4) is 0 Å². The Labute approximate surface area is 263 Å². The first-order valence-corrected chi connectivity index (χ1v) is 16.8. The highest BCUT2D eigenvalue weighted by atomic mass is 16.3. The van der Waals surface area contributed by atoms with E-state index in [1.54, 1.807) is 5.57 Å². The van der Waals surface area contributed by atoms with E-state index in [2.05, 4.69) is 125 Å². The quantitative estimate of drug-likeness (QED) is 0.210. The molecule has 3 atom stereocenters. The number of hydrogen-bond donors (Lipinski definition) is 0. The van der Waals surface area contributed by atoms with Crippen molar-refractivity contribution in [3.63, 3.8) is 0 Å². The third-order valence-electron chi connectivity index (χ3n) is 10.9. The highest BCUT2D eigenvalue weighted by molar-refractivity contribution is 6.09. The summed E-state index contributed by atoms with van der Waals surface area (Å²) < 4.78 is 9.18. The number of furan rings is 1. The van der Waals surface area contributed by atoms with E-state index in [9.17, 15) is 0 Å². The van der Waals surface area contributed by atoms with Gasteiger partial charge in [0.2, 0.25) is 0 Å². The lowest BCUT2D eigenvalue weighted by atomic mass is 9.82. The lowest BCUT2D eigenvalue weighted by molar-refractivity contribution is 0.599. The first-order valence-electron chi connectivity index (χ1n) is 16.8. The van der Waals surface area contributed by atoms with E-state index < -0.39 is 0 Å². The van der Waals surface area contributed by atoms with Crippen LogP contribution in [0.5, 0.6) is 0 Å². The highest BCUT2D eigenvalue weighted by Gasteiger charge is 2.42. The summed E-state index contributed by atoms with van der Waals surface area (Å²) in [5.41, 5.74) is 13.3. The first kappa shape index (κ1) is 25.6. The number of aromatic nitrogens is 1. The number of para-hydroxylation sites is 2. The van der Waals surface area contributed by atoms with Crippen molar-refractivity contribution in [1.82, 2.24) is 4.57 Å². The molecule has 3 heterocycles. The van der Waals surface area contributed by atoms with Crippen molar-refractivity contribution in [2.75, 3.05) is 4.90 Å². The topological polar surface area (TPSA) is 21.3 Å². The Bertz CT molecular complexity index is 2230. The third kappa shape index (κ3) is 3.76. The number of benzene rings is 3. The van der Waals surface area contributed by atoms with Crippen LogP contribution in [-0.4, -0.2) is 10.6 Å². The van der Waals surface area contributed by atoms with Crippen molar-refractivity contribution in [2.45, 2.75) is 57.0 Å². The van der Waals surface area contributed by atoms with Crippen molar-refractivity contribution in [3.8, 4) is 0 Å². The largest absolute Gasteiger partial charge is 0.454 e. The second-order valence-electron chi connectivity index (χ2n) is 13.3. The Kier molecular flexibility index (Phi) is 5.61. The van der Waals surface area contributed by atoms with Gasteiger partial charge in [-0.3, -0.25) is 0 Å². The van der Waals surface area contributed by atoms with Gasteiger partial charge in [0.1, 0.15) is 5.58 Å². The van der Waals surface area contributed by atoms with Crippen LogP contribution >= 0.6 is 0 Å². The first-order chi connectivity index (χ1) is 22.3. The molecular formula is C42H36N2O. The predicted molar refractivity (Wildman–Crippen MR) is 187 cm³/mol. The molecular weight excluding hydrogens is 548 g/mol. The van der Waals surface area contributed by atoms with Gasteiger partial charge < -0.3 is 13.9 Å². The molecule has 0 N–H and O–H groups in total. The van der Waals surface area contributed by atoms with Gasteiger partial charge in [0, 0.05) is 44.5 Å². The molecule has 2 aromatic heterocycles. The van der Waals surface area contributed by atoms with Crippen LogP contribution in [0.15, 0.2) is 125 Å². The second-order valence-corrected chi connectivity index (χ2v) is 13.3. The minimum absolute atomic E-state index is 0.280. The van der Waals surface area contributed by atoms with E-state index in [0.717, 1.165) is 36.8 Å².